The number of rotatable bonds is 12. The summed E-state index contributed by atoms with van der Waals surface area (Å²) >= 11 is 0. The SMILES string of the molecule is CNC(=O)CCCSSC(C)(C)N(CCOC)c1cc2cc(c1)COc1cc3c(cc1OC)C(=O)N1CC(C)=C[C@H]1C(O)N3C(=O)OCc1ccc(cc1)CC(=O)CNCCOCCNC(=O)CCC(=O)CCCOCCNCC(=O)Cc1ccc(cc1)COC(=O)N1CC3C=C(C)CN3C(=O)c3cc(C)c(cc31)OC2. The first kappa shape index (κ1) is 84.1. The molecule has 29 heteroatoms. The lowest BCUT2D eigenvalue weighted by atomic mass is 10.1. The lowest BCUT2D eigenvalue weighted by Crippen LogP contribution is -2.50. The Morgan fingerprint density at radius 2 is 1.22 bits per heavy atom. The van der Waals surface area contributed by atoms with Crippen molar-refractivity contribution < 1.29 is 86.2 Å². The smallest absolute Gasteiger partial charge is 0.416 e. The summed E-state index contributed by atoms with van der Waals surface area (Å²) in [5.74, 6) is 0.247. The van der Waals surface area contributed by atoms with Crippen molar-refractivity contribution in [2.45, 2.75) is 136 Å². The average Bonchev–Trinajstić information content (AvgIpc) is 1.62. The van der Waals surface area contributed by atoms with Gasteiger partial charge in [0, 0.05) is 122 Å². The van der Waals surface area contributed by atoms with Gasteiger partial charge < -0.3 is 79.0 Å². The van der Waals surface area contributed by atoms with Crippen molar-refractivity contribution in [3.63, 3.8) is 0 Å². The fraction of sp³-hybridized carbons (Fsp3) is 0.476. The summed E-state index contributed by atoms with van der Waals surface area (Å²) in [6, 6.07) is 25.3. The van der Waals surface area contributed by atoms with Crippen LogP contribution in [-0.2, 0) is 86.9 Å². The minimum Gasteiger partial charge on any atom is -0.493 e. The molecule has 3 atom stereocenters. The van der Waals surface area contributed by atoms with Crippen LogP contribution in [0, 0.1) is 6.92 Å². The zero-order valence-corrected chi connectivity index (χ0v) is 66.2. The Morgan fingerprint density at radius 1 is 0.640 bits per heavy atom. The Bertz CT molecular complexity index is 4210. The summed E-state index contributed by atoms with van der Waals surface area (Å²) in [5, 5.41) is 24.0. The molecule has 27 nitrogen and oxygen atoms in total. The van der Waals surface area contributed by atoms with E-state index in [1.165, 1.54) is 29.0 Å². The summed E-state index contributed by atoms with van der Waals surface area (Å²) in [4.78, 5) is 129. The number of anilines is 3. The van der Waals surface area contributed by atoms with E-state index in [9.17, 15) is 48.3 Å². The van der Waals surface area contributed by atoms with Crippen LogP contribution < -0.4 is 50.2 Å². The molecular weight excluding hydrogens is 1460 g/mol. The Balaban J connectivity index is 0.931. The van der Waals surface area contributed by atoms with E-state index in [2.05, 4.69) is 40.0 Å². The number of nitrogens with zero attached hydrogens (tertiary/aromatic N) is 5. The van der Waals surface area contributed by atoms with Gasteiger partial charge in [0.15, 0.2) is 29.3 Å². The van der Waals surface area contributed by atoms with Crippen LogP contribution in [0.1, 0.15) is 126 Å². The molecule has 13 rings (SSSR count). The second-order valence-corrected chi connectivity index (χ2v) is 31.6. The molecule has 0 radical (unpaired) electrons. The normalized spacial score (nSPS) is 19.8. The molecule has 596 valence electrons. The van der Waals surface area contributed by atoms with Crippen molar-refractivity contribution in [3.8, 4) is 17.2 Å². The van der Waals surface area contributed by atoms with Gasteiger partial charge in [-0.25, -0.2) is 14.5 Å². The van der Waals surface area contributed by atoms with Crippen LogP contribution in [0.4, 0.5) is 26.7 Å². The highest BCUT2D eigenvalue weighted by molar-refractivity contribution is 8.77. The van der Waals surface area contributed by atoms with Gasteiger partial charge in [-0.2, -0.15) is 0 Å². The Kier molecular flexibility index (Phi) is 30.9. The van der Waals surface area contributed by atoms with Gasteiger partial charge in [-0.05, 0) is 117 Å². The van der Waals surface area contributed by atoms with Gasteiger partial charge in [-0.3, -0.25) is 38.5 Å². The largest absolute Gasteiger partial charge is 0.493 e. The van der Waals surface area contributed by atoms with E-state index in [-0.39, 0.29) is 156 Å². The maximum Gasteiger partial charge on any atom is 0.416 e. The zero-order chi connectivity index (χ0) is 79.1. The van der Waals surface area contributed by atoms with Crippen LogP contribution >= 0.6 is 21.6 Å². The van der Waals surface area contributed by atoms with Gasteiger partial charge >= 0.3 is 12.2 Å². The molecule has 5 N–H and O–H groups in total. The summed E-state index contributed by atoms with van der Waals surface area (Å²) in [7, 11) is 8.01. The molecule has 8 aliphatic rings. The fourth-order valence-electron chi connectivity index (χ4n) is 13.7. The molecule has 0 aromatic heterocycles. The summed E-state index contributed by atoms with van der Waals surface area (Å²) in [6.45, 7) is 13.4. The molecule has 8 heterocycles. The van der Waals surface area contributed by atoms with Crippen LogP contribution in [0.5, 0.6) is 17.2 Å². The van der Waals surface area contributed by atoms with Crippen LogP contribution in [-0.4, -0.2) is 210 Å². The number of hydrogen-bond acceptors (Lipinski definition) is 23. The number of fused-ring (bicyclic) bond motifs is 2. The number of carbonyl (C=O) groups excluding carboxylic acids is 9. The van der Waals surface area contributed by atoms with Gasteiger partial charge in [-0.15, -0.1) is 0 Å². The number of nitrogens with one attached hydrogen (secondary N) is 4. The van der Waals surface area contributed by atoms with Crippen LogP contribution in [0.3, 0.4) is 0 Å². The number of methoxy groups -OCH3 is 2. The molecule has 8 aliphatic heterocycles. The van der Waals surface area contributed by atoms with Crippen molar-refractivity contribution >= 4 is 91.8 Å². The van der Waals surface area contributed by atoms with Crippen LogP contribution in [0.2, 0.25) is 0 Å². The average molecular weight is 1570 g/mol. The highest BCUT2D eigenvalue weighted by Crippen LogP contribution is 2.45. The van der Waals surface area contributed by atoms with E-state index in [1.54, 1.807) is 95.3 Å². The number of hydrogen-bond donors (Lipinski definition) is 5. The fourth-order valence-corrected chi connectivity index (χ4v) is 16.3. The predicted molar refractivity (Wildman–Crippen MR) is 423 cm³/mol. The topological polar surface area (TPSA) is 312 Å². The van der Waals surface area contributed by atoms with Gasteiger partial charge in [-0.1, -0.05) is 93.4 Å². The molecule has 5 aromatic rings. The van der Waals surface area contributed by atoms with E-state index < -0.39 is 41.3 Å². The maximum atomic E-state index is 14.7. The summed E-state index contributed by atoms with van der Waals surface area (Å²) in [6.07, 6.45) is 2.80. The number of amides is 6. The molecule has 2 unspecified atom stereocenters. The Labute approximate surface area is 656 Å². The maximum absolute atomic E-state index is 14.7. The number of aliphatic hydroxyl groups excluding tert-OH is 1. The Morgan fingerprint density at radius 3 is 1.86 bits per heavy atom. The lowest BCUT2D eigenvalue weighted by molar-refractivity contribution is -0.125. The quantitative estimate of drug-likeness (QED) is 0.0336. The standard InChI is InChI=1S/C82H103N9O18S2/c1-53-33-63-48-89-69-42-72(55(3)35-67(69)77(97)87(63)46-53)106-51-60-36-61(38-62(37-60)90(26-31-102-7)82(4,5)111-110-32-10-12-75(95)83-6)52-107-74-43-70-68(41-73(74)103-8)78(98)88-47-54(2)34-71(88)79(99)91(70)81(101)109-50-59-19-15-57(16-20-59)40-66(94)45-85-24-29-105-30-25-86-76(96)22-21-64(92)11-9-27-104-28-23-84-44-65(93)39-56-13-17-58(18-14-56)49-108-80(89)100/h13-20,33-38,41-43,63,71,79,84-85,99H,9-12,21-32,39-40,44-52H2,1-8H3,(H,83,95)(H,86,96)/t63?,71-,79?/m0/s1. The van der Waals surface area contributed by atoms with Crippen molar-refractivity contribution in [3.05, 3.63) is 164 Å². The molecule has 111 heavy (non-hydrogen) atoms. The van der Waals surface area contributed by atoms with Gasteiger partial charge in [0.25, 0.3) is 11.8 Å². The minimum atomic E-state index is -1.61. The lowest BCUT2D eigenvalue weighted by Gasteiger charge is -2.40. The molecule has 0 spiro atoms. The van der Waals surface area contributed by atoms with Crippen molar-refractivity contribution in [1.82, 2.24) is 31.1 Å². The van der Waals surface area contributed by atoms with Crippen molar-refractivity contribution in [1.29, 1.82) is 0 Å². The third kappa shape index (κ3) is 23.4. The van der Waals surface area contributed by atoms with Gasteiger partial charge in [0.2, 0.25) is 11.8 Å². The summed E-state index contributed by atoms with van der Waals surface area (Å²) < 4.78 is 48.6. The highest BCUT2D eigenvalue weighted by atomic mass is 33.1. The van der Waals surface area contributed by atoms with E-state index in [1.807, 2.05) is 57.2 Å². The zero-order valence-electron chi connectivity index (χ0n) is 64.6. The van der Waals surface area contributed by atoms with E-state index >= 15 is 0 Å². The number of ketones is 3. The minimum absolute atomic E-state index is 0.0124. The van der Waals surface area contributed by atoms with Crippen molar-refractivity contribution in [2.75, 3.05) is 134 Å². The monoisotopic (exact) mass is 1570 g/mol. The number of aryl methyl sites for hydroxylation is 1. The molecule has 0 aliphatic carbocycles. The van der Waals surface area contributed by atoms with E-state index in [4.69, 9.17) is 37.9 Å². The predicted octanol–water partition coefficient (Wildman–Crippen LogP) is 9.13. The molecule has 10 bridgehead atoms. The molecule has 0 saturated heterocycles. The highest BCUT2D eigenvalue weighted by Gasteiger charge is 2.45. The van der Waals surface area contributed by atoms with Crippen LogP contribution in [0.15, 0.2) is 114 Å². The molecule has 6 amide bonds. The first-order chi connectivity index (χ1) is 53.5. The number of benzene rings is 5. The van der Waals surface area contributed by atoms with Gasteiger partial charge in [0.05, 0.1) is 92.6 Å². The number of carbonyl (C=O) groups is 9. The molecule has 0 fully saturated rings. The van der Waals surface area contributed by atoms with Gasteiger partial charge in [0.1, 0.15) is 38.0 Å². The van der Waals surface area contributed by atoms with Crippen LogP contribution in [0.25, 0.3) is 0 Å². The number of Topliss-reactive ketones (excluding diaryl/α,β-unsaturated/α-hetero) is 3. The third-order valence-corrected chi connectivity index (χ3v) is 22.8. The first-order valence-corrected chi connectivity index (χ1v) is 39.9. The Hall–Kier alpha value is -9.33. The number of aliphatic hydroxyl groups is 1. The molecule has 0 saturated carbocycles. The van der Waals surface area contributed by atoms with E-state index in [0.717, 1.165) is 32.9 Å². The molecule has 5 aromatic carbocycles. The molecular formula is C82H103N9O18S2. The van der Waals surface area contributed by atoms with Crippen molar-refractivity contribution in [2.24, 2.45) is 0 Å². The first-order valence-electron chi connectivity index (χ1n) is 37.6. The van der Waals surface area contributed by atoms with E-state index in [0.29, 0.717) is 122 Å². The third-order valence-electron chi connectivity index (χ3n) is 19.5. The second kappa shape index (κ2) is 40.7. The summed E-state index contributed by atoms with van der Waals surface area (Å²) in [5.41, 5.74) is 8.05. The second-order valence-electron chi connectivity index (χ2n) is 28.6. The number of ether oxygens (including phenoxy) is 8.